The van der Waals surface area contributed by atoms with E-state index in [1.165, 1.54) is 6.92 Å². The summed E-state index contributed by atoms with van der Waals surface area (Å²) in [6, 6.07) is 8.57. The van der Waals surface area contributed by atoms with Gasteiger partial charge in [-0.1, -0.05) is 30.3 Å². The lowest BCUT2D eigenvalue weighted by atomic mass is 10.1. The smallest absolute Gasteiger partial charge is 0.265 e. The van der Waals surface area contributed by atoms with Gasteiger partial charge in [0.15, 0.2) is 0 Å². The molecule has 1 aliphatic rings. The van der Waals surface area contributed by atoms with Crippen molar-refractivity contribution in [2.24, 2.45) is 0 Å². The SMILES string of the molecule is CC1=C(c2ccccc2)S(=O)(=O)NC1=O. The number of hydrogen-bond donors (Lipinski definition) is 1. The molecule has 5 heteroatoms. The summed E-state index contributed by atoms with van der Waals surface area (Å²) in [6.45, 7) is 1.50. The molecule has 4 nitrogen and oxygen atoms in total. The molecule has 0 aliphatic carbocycles. The molecule has 1 amide bonds. The first-order valence-corrected chi connectivity index (χ1v) is 5.84. The van der Waals surface area contributed by atoms with E-state index in [2.05, 4.69) is 0 Å². The summed E-state index contributed by atoms with van der Waals surface area (Å²) in [4.78, 5) is 11.3. The molecule has 0 aromatic heterocycles. The zero-order chi connectivity index (χ0) is 11.1. The van der Waals surface area contributed by atoms with Gasteiger partial charge in [-0.2, -0.15) is 0 Å². The van der Waals surface area contributed by atoms with Gasteiger partial charge in [0.1, 0.15) is 4.91 Å². The fourth-order valence-corrected chi connectivity index (χ4v) is 2.96. The Morgan fingerprint density at radius 1 is 1.13 bits per heavy atom. The normalized spacial score (nSPS) is 19.1. The Morgan fingerprint density at radius 2 is 1.73 bits per heavy atom. The average Bonchev–Trinajstić information content (AvgIpc) is 2.37. The number of carbonyl (C=O) groups excluding carboxylic acids is 1. The van der Waals surface area contributed by atoms with Gasteiger partial charge in [0.2, 0.25) is 0 Å². The third-order valence-corrected chi connectivity index (χ3v) is 3.75. The van der Waals surface area contributed by atoms with Crippen molar-refractivity contribution >= 4 is 20.8 Å². The lowest BCUT2D eigenvalue weighted by molar-refractivity contribution is -0.115. The molecule has 0 saturated carbocycles. The second-order valence-electron chi connectivity index (χ2n) is 3.25. The summed E-state index contributed by atoms with van der Waals surface area (Å²) in [7, 11) is -3.66. The molecule has 0 unspecified atom stereocenters. The van der Waals surface area contributed by atoms with Crippen molar-refractivity contribution in [2.75, 3.05) is 0 Å². The summed E-state index contributed by atoms with van der Waals surface area (Å²) >= 11 is 0. The third kappa shape index (κ3) is 1.55. The van der Waals surface area contributed by atoms with Gasteiger partial charge in [-0.05, 0) is 12.5 Å². The van der Waals surface area contributed by atoms with Crippen molar-refractivity contribution in [2.45, 2.75) is 6.92 Å². The lowest BCUT2D eigenvalue weighted by Gasteiger charge is -2.01. The fourth-order valence-electron chi connectivity index (χ4n) is 1.52. The number of sulfonamides is 1. The molecule has 1 aromatic carbocycles. The van der Waals surface area contributed by atoms with Gasteiger partial charge in [0.25, 0.3) is 15.9 Å². The van der Waals surface area contributed by atoms with Crippen LogP contribution in [0.2, 0.25) is 0 Å². The van der Waals surface area contributed by atoms with Crippen LogP contribution in [0.15, 0.2) is 35.9 Å². The van der Waals surface area contributed by atoms with E-state index in [-0.39, 0.29) is 10.5 Å². The molecule has 1 aliphatic heterocycles. The zero-order valence-corrected chi connectivity index (χ0v) is 8.84. The van der Waals surface area contributed by atoms with Gasteiger partial charge < -0.3 is 0 Å². The van der Waals surface area contributed by atoms with Gasteiger partial charge >= 0.3 is 0 Å². The highest BCUT2D eigenvalue weighted by Crippen LogP contribution is 2.28. The van der Waals surface area contributed by atoms with Crippen LogP contribution >= 0.6 is 0 Å². The minimum Gasteiger partial charge on any atom is -0.269 e. The second kappa shape index (κ2) is 3.20. The Balaban J connectivity index is 2.68. The van der Waals surface area contributed by atoms with Crippen molar-refractivity contribution in [3.8, 4) is 0 Å². The van der Waals surface area contributed by atoms with E-state index in [0.29, 0.717) is 5.56 Å². The Kier molecular flexibility index (Phi) is 2.12. The van der Waals surface area contributed by atoms with Gasteiger partial charge in [0, 0.05) is 5.57 Å². The molecule has 0 atom stereocenters. The number of nitrogens with one attached hydrogen (secondary N) is 1. The molecule has 1 aromatic rings. The minimum absolute atomic E-state index is 0.0769. The average molecular weight is 223 g/mol. The third-order valence-electron chi connectivity index (χ3n) is 2.21. The van der Waals surface area contributed by atoms with Gasteiger partial charge in [-0.25, -0.2) is 13.1 Å². The van der Waals surface area contributed by atoms with E-state index in [1.54, 1.807) is 30.3 Å². The Bertz CT molecular complexity index is 543. The van der Waals surface area contributed by atoms with Crippen LogP contribution in [-0.4, -0.2) is 14.3 Å². The summed E-state index contributed by atoms with van der Waals surface area (Å²) in [5.41, 5.74) is 0.773. The number of amides is 1. The molecule has 0 saturated heterocycles. The number of benzene rings is 1. The van der Waals surface area contributed by atoms with Crippen LogP contribution in [0, 0.1) is 0 Å². The van der Waals surface area contributed by atoms with Crippen LogP contribution < -0.4 is 4.72 Å². The standard InChI is InChI=1S/C10H9NO3S/c1-7-9(8-5-3-2-4-6-8)15(13,14)11-10(7)12/h2-6H,1H3,(H,11,12). The molecule has 0 spiro atoms. The van der Waals surface area contributed by atoms with E-state index in [4.69, 9.17) is 0 Å². The van der Waals surface area contributed by atoms with E-state index in [1.807, 2.05) is 4.72 Å². The first-order valence-electron chi connectivity index (χ1n) is 4.36. The van der Waals surface area contributed by atoms with Gasteiger partial charge in [-0.15, -0.1) is 0 Å². The minimum atomic E-state index is -3.66. The van der Waals surface area contributed by atoms with E-state index >= 15 is 0 Å². The molecule has 0 radical (unpaired) electrons. The molecule has 78 valence electrons. The van der Waals surface area contributed by atoms with Crippen LogP contribution in [-0.2, 0) is 14.8 Å². The Morgan fingerprint density at radius 3 is 2.20 bits per heavy atom. The maximum atomic E-state index is 11.6. The molecule has 15 heavy (non-hydrogen) atoms. The molecule has 2 rings (SSSR count). The van der Waals surface area contributed by atoms with Crippen LogP contribution in [0.25, 0.3) is 4.91 Å². The highest BCUT2D eigenvalue weighted by molar-refractivity contribution is 8.00. The van der Waals surface area contributed by atoms with Crippen molar-refractivity contribution in [1.82, 2.24) is 4.72 Å². The van der Waals surface area contributed by atoms with Crippen molar-refractivity contribution in [3.05, 3.63) is 41.5 Å². The molecule has 0 fully saturated rings. The number of rotatable bonds is 1. The zero-order valence-electron chi connectivity index (χ0n) is 8.02. The molecule has 0 bridgehead atoms. The molecule has 1 N–H and O–H groups in total. The predicted molar refractivity (Wildman–Crippen MR) is 56.1 cm³/mol. The van der Waals surface area contributed by atoms with Crippen LogP contribution in [0.5, 0.6) is 0 Å². The first-order chi connectivity index (χ1) is 7.02. The summed E-state index contributed by atoms with van der Waals surface area (Å²) < 4.78 is 25.1. The van der Waals surface area contributed by atoms with E-state index < -0.39 is 15.9 Å². The predicted octanol–water partition coefficient (Wildman–Crippen LogP) is 0.877. The summed E-state index contributed by atoms with van der Waals surface area (Å²) in [6.07, 6.45) is 0. The van der Waals surface area contributed by atoms with Crippen molar-refractivity contribution < 1.29 is 13.2 Å². The van der Waals surface area contributed by atoms with Gasteiger partial charge in [0.05, 0.1) is 0 Å². The molecular weight excluding hydrogens is 214 g/mol. The van der Waals surface area contributed by atoms with Crippen LogP contribution in [0.3, 0.4) is 0 Å². The van der Waals surface area contributed by atoms with Crippen molar-refractivity contribution in [1.29, 1.82) is 0 Å². The quantitative estimate of drug-likeness (QED) is 0.768. The number of carbonyl (C=O) groups is 1. The topological polar surface area (TPSA) is 63.2 Å². The maximum Gasteiger partial charge on any atom is 0.265 e. The Labute approximate surface area is 87.7 Å². The molecule has 1 heterocycles. The van der Waals surface area contributed by atoms with Crippen LogP contribution in [0.1, 0.15) is 12.5 Å². The highest BCUT2D eigenvalue weighted by Gasteiger charge is 2.33. The van der Waals surface area contributed by atoms with E-state index in [0.717, 1.165) is 0 Å². The van der Waals surface area contributed by atoms with E-state index in [9.17, 15) is 13.2 Å². The monoisotopic (exact) mass is 223 g/mol. The maximum absolute atomic E-state index is 11.6. The number of hydrogen-bond acceptors (Lipinski definition) is 3. The first kappa shape index (κ1) is 9.92. The summed E-state index contributed by atoms with van der Waals surface area (Å²) in [5, 5.41) is 0. The van der Waals surface area contributed by atoms with Crippen molar-refractivity contribution in [3.63, 3.8) is 0 Å². The molecular formula is C10H9NO3S. The highest BCUT2D eigenvalue weighted by atomic mass is 32.2. The second-order valence-corrected chi connectivity index (χ2v) is 4.87. The largest absolute Gasteiger partial charge is 0.269 e. The Hall–Kier alpha value is -1.62. The fraction of sp³-hybridized carbons (Fsp3) is 0.100. The van der Waals surface area contributed by atoms with Gasteiger partial charge in [-0.3, -0.25) is 4.79 Å². The lowest BCUT2D eigenvalue weighted by Crippen LogP contribution is -2.22. The summed E-state index contributed by atoms with van der Waals surface area (Å²) in [5.74, 6) is -0.547. The van der Waals surface area contributed by atoms with Crippen LogP contribution in [0.4, 0.5) is 0 Å².